The monoisotopic (exact) mass is 259 g/mol. The van der Waals surface area contributed by atoms with E-state index in [0.29, 0.717) is 12.6 Å². The average Bonchev–Trinajstić information content (AvgIpc) is 2.93. The summed E-state index contributed by atoms with van der Waals surface area (Å²) in [6.45, 7) is 3.62. The summed E-state index contributed by atoms with van der Waals surface area (Å²) < 4.78 is 10.9. The van der Waals surface area contributed by atoms with Crippen LogP contribution in [-0.2, 0) is 0 Å². The molecule has 0 saturated carbocycles. The molecule has 5 nitrogen and oxygen atoms in total. The molecule has 0 fully saturated rings. The van der Waals surface area contributed by atoms with Crippen molar-refractivity contribution in [2.24, 2.45) is 0 Å². The molecular weight excluding hydrogens is 242 g/mol. The van der Waals surface area contributed by atoms with Crippen LogP contribution in [0.25, 0.3) is 0 Å². The Morgan fingerprint density at radius 2 is 2.26 bits per heavy atom. The van der Waals surface area contributed by atoms with Crippen LogP contribution in [0.4, 0.5) is 6.01 Å². The second-order valence-corrected chi connectivity index (χ2v) is 4.61. The lowest BCUT2D eigenvalue weighted by Gasteiger charge is -2.23. The maximum absolute atomic E-state index is 5.65. The fourth-order valence-corrected chi connectivity index (χ4v) is 2.29. The molecule has 0 saturated heterocycles. The van der Waals surface area contributed by atoms with E-state index in [4.69, 9.17) is 9.26 Å². The molecule has 1 N–H and O–H groups in total. The summed E-state index contributed by atoms with van der Waals surface area (Å²) in [6, 6.07) is 8.54. The van der Waals surface area contributed by atoms with Crippen LogP contribution in [-0.4, -0.2) is 23.3 Å². The Labute approximate surface area is 112 Å². The zero-order chi connectivity index (χ0) is 13.1. The molecule has 0 amide bonds. The highest BCUT2D eigenvalue weighted by atomic mass is 16.5. The van der Waals surface area contributed by atoms with E-state index in [0.717, 1.165) is 36.5 Å². The number of hydrogen-bond acceptors (Lipinski definition) is 5. The third kappa shape index (κ3) is 2.41. The number of fused-ring (bicyclic) bond motifs is 1. The van der Waals surface area contributed by atoms with E-state index in [1.165, 1.54) is 0 Å². The molecular formula is C14H17N3O2. The van der Waals surface area contributed by atoms with E-state index in [1.54, 1.807) is 0 Å². The lowest BCUT2D eigenvalue weighted by atomic mass is 9.92. The van der Waals surface area contributed by atoms with E-state index in [2.05, 4.69) is 28.4 Å². The summed E-state index contributed by atoms with van der Waals surface area (Å²) in [7, 11) is 0. The number of para-hydroxylation sites is 1. The van der Waals surface area contributed by atoms with Crippen LogP contribution in [0.15, 0.2) is 28.8 Å². The summed E-state index contributed by atoms with van der Waals surface area (Å²) in [6.07, 6.45) is 1.90. The van der Waals surface area contributed by atoms with Gasteiger partial charge < -0.3 is 14.6 Å². The molecule has 1 aromatic carbocycles. The van der Waals surface area contributed by atoms with Gasteiger partial charge in [-0.3, -0.25) is 0 Å². The fraction of sp³-hybridized carbons (Fsp3) is 0.429. The molecule has 0 bridgehead atoms. The maximum Gasteiger partial charge on any atom is 0.321 e. The number of anilines is 1. The topological polar surface area (TPSA) is 60.2 Å². The molecule has 1 aliphatic heterocycles. The van der Waals surface area contributed by atoms with Crippen LogP contribution in [0.1, 0.15) is 37.1 Å². The molecule has 1 aliphatic rings. The Bertz CT molecular complexity index is 553. The zero-order valence-electron chi connectivity index (χ0n) is 10.9. The van der Waals surface area contributed by atoms with Crippen molar-refractivity contribution in [2.75, 3.05) is 18.5 Å². The largest absolute Gasteiger partial charge is 0.493 e. The molecule has 19 heavy (non-hydrogen) atoms. The molecule has 2 heterocycles. The van der Waals surface area contributed by atoms with E-state index in [1.807, 2.05) is 18.2 Å². The molecule has 100 valence electrons. The zero-order valence-corrected chi connectivity index (χ0v) is 10.9. The number of nitrogens with one attached hydrogen (secondary N) is 1. The van der Waals surface area contributed by atoms with Crippen LogP contribution < -0.4 is 10.1 Å². The third-order valence-corrected chi connectivity index (χ3v) is 3.24. The van der Waals surface area contributed by atoms with Crippen LogP contribution in [0.3, 0.4) is 0 Å². The van der Waals surface area contributed by atoms with Crippen LogP contribution >= 0.6 is 0 Å². The first-order valence-electron chi connectivity index (χ1n) is 6.67. The predicted octanol–water partition coefficient (Wildman–Crippen LogP) is 2.81. The van der Waals surface area contributed by atoms with E-state index in [9.17, 15) is 0 Å². The van der Waals surface area contributed by atoms with Crippen molar-refractivity contribution in [1.29, 1.82) is 0 Å². The van der Waals surface area contributed by atoms with E-state index < -0.39 is 0 Å². The first-order valence-corrected chi connectivity index (χ1v) is 6.67. The normalized spacial score (nSPS) is 17.6. The van der Waals surface area contributed by atoms with Gasteiger partial charge in [0, 0.05) is 12.1 Å². The second-order valence-electron chi connectivity index (χ2n) is 4.61. The summed E-state index contributed by atoms with van der Waals surface area (Å²) >= 11 is 0. The van der Waals surface area contributed by atoms with Crippen molar-refractivity contribution >= 4 is 6.01 Å². The highest BCUT2D eigenvalue weighted by Crippen LogP contribution is 2.36. The van der Waals surface area contributed by atoms with E-state index >= 15 is 0 Å². The van der Waals surface area contributed by atoms with Crippen LogP contribution in [0.5, 0.6) is 5.75 Å². The third-order valence-electron chi connectivity index (χ3n) is 3.24. The van der Waals surface area contributed by atoms with Crippen molar-refractivity contribution in [3.8, 4) is 5.75 Å². The number of ether oxygens (including phenoxy) is 1. The van der Waals surface area contributed by atoms with Gasteiger partial charge in [0.2, 0.25) is 0 Å². The van der Waals surface area contributed by atoms with Crippen molar-refractivity contribution in [1.82, 2.24) is 10.1 Å². The van der Waals surface area contributed by atoms with Crippen molar-refractivity contribution in [2.45, 2.75) is 25.7 Å². The number of benzene rings is 1. The van der Waals surface area contributed by atoms with Gasteiger partial charge in [0.25, 0.3) is 0 Å². The molecule has 0 radical (unpaired) electrons. The standard InChI is InChI=1S/C14H17N3O2/c1-2-8-15-14-16-13(17-19-14)11-7-9-18-12-6-4-3-5-10(11)12/h3-6,11H,2,7-9H2,1H3,(H,15,16,17). The summed E-state index contributed by atoms with van der Waals surface area (Å²) in [5.41, 5.74) is 1.14. The van der Waals surface area contributed by atoms with Gasteiger partial charge >= 0.3 is 6.01 Å². The minimum Gasteiger partial charge on any atom is -0.493 e. The summed E-state index contributed by atoms with van der Waals surface area (Å²) in [5, 5.41) is 7.19. The van der Waals surface area contributed by atoms with Crippen molar-refractivity contribution in [3.05, 3.63) is 35.7 Å². The number of nitrogens with zero attached hydrogens (tertiary/aromatic N) is 2. The van der Waals surface area contributed by atoms with Crippen molar-refractivity contribution in [3.63, 3.8) is 0 Å². The number of rotatable bonds is 4. The van der Waals surface area contributed by atoms with Crippen LogP contribution in [0.2, 0.25) is 0 Å². The predicted molar refractivity (Wildman–Crippen MR) is 71.5 cm³/mol. The Morgan fingerprint density at radius 1 is 1.37 bits per heavy atom. The second kappa shape index (κ2) is 5.30. The Balaban J connectivity index is 1.85. The Kier molecular flexibility index (Phi) is 3.35. The average molecular weight is 259 g/mol. The number of hydrogen-bond donors (Lipinski definition) is 1. The quantitative estimate of drug-likeness (QED) is 0.914. The lowest BCUT2D eigenvalue weighted by molar-refractivity contribution is 0.272. The smallest absolute Gasteiger partial charge is 0.321 e. The molecule has 1 unspecified atom stereocenters. The van der Waals surface area contributed by atoms with Crippen molar-refractivity contribution < 1.29 is 9.26 Å². The highest BCUT2D eigenvalue weighted by Gasteiger charge is 2.26. The maximum atomic E-state index is 5.65. The molecule has 0 aliphatic carbocycles. The van der Waals surface area contributed by atoms with Gasteiger partial charge in [-0.2, -0.15) is 4.98 Å². The van der Waals surface area contributed by atoms with Gasteiger partial charge in [0.15, 0.2) is 5.82 Å². The van der Waals surface area contributed by atoms with Gasteiger partial charge in [-0.25, -0.2) is 0 Å². The highest BCUT2D eigenvalue weighted by molar-refractivity contribution is 5.41. The Hall–Kier alpha value is -2.04. The first kappa shape index (κ1) is 12.0. The molecule has 1 atom stereocenters. The minimum absolute atomic E-state index is 0.158. The van der Waals surface area contributed by atoms with E-state index in [-0.39, 0.29) is 5.92 Å². The van der Waals surface area contributed by atoms with Gasteiger partial charge in [-0.1, -0.05) is 30.3 Å². The fourth-order valence-electron chi connectivity index (χ4n) is 2.29. The molecule has 1 aromatic heterocycles. The van der Waals surface area contributed by atoms with Gasteiger partial charge in [0.05, 0.1) is 12.5 Å². The molecule has 2 aromatic rings. The molecule has 0 spiro atoms. The molecule has 5 heteroatoms. The SMILES string of the molecule is CCCNc1nc(C2CCOc3ccccc32)no1. The summed E-state index contributed by atoms with van der Waals surface area (Å²) in [4.78, 5) is 4.43. The Morgan fingerprint density at radius 3 is 3.16 bits per heavy atom. The minimum atomic E-state index is 0.158. The number of aromatic nitrogens is 2. The molecule has 3 rings (SSSR count). The lowest BCUT2D eigenvalue weighted by Crippen LogP contribution is -2.16. The van der Waals surface area contributed by atoms with Gasteiger partial charge in [-0.15, -0.1) is 0 Å². The van der Waals surface area contributed by atoms with Gasteiger partial charge in [-0.05, 0) is 18.9 Å². The first-order chi connectivity index (χ1) is 9.38. The van der Waals surface area contributed by atoms with Gasteiger partial charge in [0.1, 0.15) is 5.75 Å². The summed E-state index contributed by atoms with van der Waals surface area (Å²) in [5.74, 6) is 1.81. The van der Waals surface area contributed by atoms with Crippen LogP contribution in [0, 0.1) is 0 Å².